The lowest BCUT2D eigenvalue weighted by molar-refractivity contribution is -0.114. The number of hydrogen-bond acceptors (Lipinski definition) is 7. The number of benzene rings is 3. The standard InChI is InChI=1S/C36H47NO7/c1-36(2,3)44-35(38)37-30(21-22-32(39-4)40-5)33(42-24-28-17-11-7-12-18-28)34(43-25-29-19-13-8-14-20-29)31(37)26-41-23-27-15-9-6-10-16-27/h6-20,30-34H,21-26H2,1-5H3/t30-,31-,33-,34-/m0/s1. The summed E-state index contributed by atoms with van der Waals surface area (Å²) >= 11 is 0. The Hall–Kier alpha value is -3.27. The fourth-order valence-electron chi connectivity index (χ4n) is 5.52. The van der Waals surface area contributed by atoms with Gasteiger partial charge in [-0.15, -0.1) is 0 Å². The zero-order chi connectivity index (χ0) is 31.4. The zero-order valence-electron chi connectivity index (χ0n) is 26.6. The molecule has 0 aliphatic carbocycles. The van der Waals surface area contributed by atoms with E-state index in [0.29, 0.717) is 32.7 Å². The van der Waals surface area contributed by atoms with Gasteiger partial charge in [-0.05, 0) is 43.9 Å². The second kappa shape index (κ2) is 16.7. The van der Waals surface area contributed by atoms with Gasteiger partial charge in [0.2, 0.25) is 0 Å². The Morgan fingerprint density at radius 3 is 1.61 bits per heavy atom. The average molecular weight is 606 g/mol. The highest BCUT2D eigenvalue weighted by Gasteiger charge is 2.53. The van der Waals surface area contributed by atoms with Crippen molar-refractivity contribution in [3.05, 3.63) is 108 Å². The molecular formula is C36H47NO7. The van der Waals surface area contributed by atoms with E-state index in [4.69, 9.17) is 28.4 Å². The molecule has 4 rings (SSSR count). The fourth-order valence-corrected chi connectivity index (χ4v) is 5.52. The molecule has 1 aliphatic rings. The number of amides is 1. The van der Waals surface area contributed by atoms with Gasteiger partial charge in [0.1, 0.15) is 17.8 Å². The first-order valence-corrected chi connectivity index (χ1v) is 15.3. The van der Waals surface area contributed by atoms with E-state index < -0.39 is 36.2 Å². The molecule has 1 saturated heterocycles. The van der Waals surface area contributed by atoms with Gasteiger partial charge < -0.3 is 28.4 Å². The monoisotopic (exact) mass is 605 g/mol. The number of ether oxygens (including phenoxy) is 6. The van der Waals surface area contributed by atoms with Gasteiger partial charge >= 0.3 is 6.09 Å². The zero-order valence-corrected chi connectivity index (χ0v) is 26.6. The van der Waals surface area contributed by atoms with Crippen molar-refractivity contribution in [1.82, 2.24) is 4.90 Å². The van der Waals surface area contributed by atoms with Crippen LogP contribution in [-0.2, 0) is 48.2 Å². The topological polar surface area (TPSA) is 75.7 Å². The SMILES string of the molecule is COC(CC[C@H]1[C@H](OCc2ccccc2)[C@@H](OCc2ccccc2)[C@H](COCc2ccccc2)N1C(=O)OC(C)(C)C)OC. The predicted octanol–water partition coefficient (Wildman–Crippen LogP) is 6.76. The van der Waals surface area contributed by atoms with Crippen LogP contribution in [0.3, 0.4) is 0 Å². The summed E-state index contributed by atoms with van der Waals surface area (Å²) in [5.41, 5.74) is 2.42. The van der Waals surface area contributed by atoms with E-state index in [-0.39, 0.29) is 12.6 Å². The van der Waals surface area contributed by atoms with Crippen molar-refractivity contribution in [2.75, 3.05) is 20.8 Å². The lowest BCUT2D eigenvalue weighted by Gasteiger charge is -2.33. The lowest BCUT2D eigenvalue weighted by atomic mass is 10.0. The van der Waals surface area contributed by atoms with Crippen molar-refractivity contribution in [1.29, 1.82) is 0 Å². The van der Waals surface area contributed by atoms with Crippen LogP contribution in [-0.4, -0.2) is 68.0 Å². The van der Waals surface area contributed by atoms with Crippen LogP contribution in [0.15, 0.2) is 91.0 Å². The molecule has 3 aromatic carbocycles. The molecule has 0 N–H and O–H groups in total. The lowest BCUT2D eigenvalue weighted by Crippen LogP contribution is -2.48. The Morgan fingerprint density at radius 1 is 0.705 bits per heavy atom. The van der Waals surface area contributed by atoms with Gasteiger partial charge in [0.05, 0.1) is 38.5 Å². The van der Waals surface area contributed by atoms with Crippen molar-refractivity contribution in [3.63, 3.8) is 0 Å². The summed E-state index contributed by atoms with van der Waals surface area (Å²) < 4.78 is 36.7. The number of carbonyl (C=O) groups excluding carboxylic acids is 1. The van der Waals surface area contributed by atoms with Gasteiger partial charge in [-0.2, -0.15) is 0 Å². The van der Waals surface area contributed by atoms with E-state index in [0.717, 1.165) is 16.7 Å². The molecule has 3 aromatic rings. The maximum atomic E-state index is 14.0. The molecule has 1 amide bonds. The summed E-state index contributed by atoms with van der Waals surface area (Å²) in [6.07, 6.45) is -0.720. The highest BCUT2D eigenvalue weighted by atomic mass is 16.7. The molecule has 0 bridgehead atoms. The molecule has 0 unspecified atom stereocenters. The first-order valence-electron chi connectivity index (χ1n) is 15.3. The molecule has 8 nitrogen and oxygen atoms in total. The van der Waals surface area contributed by atoms with Crippen molar-refractivity contribution in [3.8, 4) is 0 Å². The number of hydrogen-bond donors (Lipinski definition) is 0. The smallest absolute Gasteiger partial charge is 0.411 e. The third kappa shape index (κ3) is 9.87. The van der Waals surface area contributed by atoms with Gasteiger partial charge in [-0.1, -0.05) is 91.0 Å². The maximum Gasteiger partial charge on any atom is 0.411 e. The fraction of sp³-hybridized carbons (Fsp3) is 0.472. The molecule has 238 valence electrons. The van der Waals surface area contributed by atoms with E-state index in [9.17, 15) is 4.79 Å². The van der Waals surface area contributed by atoms with Gasteiger partial charge in [-0.25, -0.2) is 4.79 Å². The van der Waals surface area contributed by atoms with Gasteiger partial charge in [0.25, 0.3) is 0 Å². The van der Waals surface area contributed by atoms with Crippen LogP contribution in [0.5, 0.6) is 0 Å². The van der Waals surface area contributed by atoms with Crippen LogP contribution in [0.4, 0.5) is 4.79 Å². The van der Waals surface area contributed by atoms with Gasteiger partial charge in [0.15, 0.2) is 6.29 Å². The molecule has 1 aliphatic heterocycles. The molecule has 0 aromatic heterocycles. The normalized spacial score (nSPS) is 20.3. The average Bonchev–Trinajstić information content (AvgIpc) is 3.32. The summed E-state index contributed by atoms with van der Waals surface area (Å²) in [7, 11) is 3.23. The third-order valence-corrected chi connectivity index (χ3v) is 7.60. The van der Waals surface area contributed by atoms with Crippen molar-refractivity contribution < 1.29 is 33.2 Å². The van der Waals surface area contributed by atoms with Gasteiger partial charge in [-0.3, -0.25) is 4.90 Å². The number of carbonyl (C=O) groups is 1. The molecule has 1 heterocycles. The summed E-state index contributed by atoms with van der Waals surface area (Å²) in [5, 5.41) is 0. The molecule has 0 radical (unpaired) electrons. The molecule has 8 heteroatoms. The predicted molar refractivity (Wildman–Crippen MR) is 169 cm³/mol. The summed E-state index contributed by atoms with van der Waals surface area (Å²) in [5.74, 6) is 0. The van der Waals surface area contributed by atoms with E-state index in [1.54, 1.807) is 19.1 Å². The number of likely N-dealkylation sites (tertiary alicyclic amines) is 1. The first kappa shape index (κ1) is 33.6. The summed E-state index contributed by atoms with van der Waals surface area (Å²) in [4.78, 5) is 15.8. The van der Waals surface area contributed by atoms with Gasteiger partial charge in [0, 0.05) is 20.6 Å². The van der Waals surface area contributed by atoms with Crippen LogP contribution >= 0.6 is 0 Å². The van der Waals surface area contributed by atoms with E-state index >= 15 is 0 Å². The van der Waals surface area contributed by atoms with Crippen LogP contribution in [0, 0.1) is 0 Å². The second-order valence-electron chi connectivity index (χ2n) is 12.0. The second-order valence-corrected chi connectivity index (χ2v) is 12.0. The molecule has 0 spiro atoms. The van der Waals surface area contributed by atoms with Crippen molar-refractivity contribution >= 4 is 6.09 Å². The van der Waals surface area contributed by atoms with Crippen LogP contribution < -0.4 is 0 Å². The summed E-state index contributed by atoms with van der Waals surface area (Å²) in [6, 6.07) is 29.2. The number of rotatable bonds is 15. The van der Waals surface area contributed by atoms with Crippen molar-refractivity contribution in [2.24, 2.45) is 0 Å². The Morgan fingerprint density at radius 2 is 1.16 bits per heavy atom. The minimum absolute atomic E-state index is 0.243. The summed E-state index contributed by atoms with van der Waals surface area (Å²) in [6.45, 7) is 6.99. The molecule has 44 heavy (non-hydrogen) atoms. The van der Waals surface area contributed by atoms with Crippen LogP contribution in [0.1, 0.15) is 50.3 Å². The van der Waals surface area contributed by atoms with Crippen molar-refractivity contribution in [2.45, 2.75) is 89.6 Å². The van der Waals surface area contributed by atoms with Crippen LogP contribution in [0.2, 0.25) is 0 Å². The van der Waals surface area contributed by atoms with E-state index in [1.165, 1.54) is 0 Å². The van der Waals surface area contributed by atoms with Crippen LogP contribution in [0.25, 0.3) is 0 Å². The van der Waals surface area contributed by atoms with E-state index in [2.05, 4.69) is 0 Å². The Balaban J connectivity index is 1.68. The minimum atomic E-state index is -0.692. The van der Waals surface area contributed by atoms with E-state index in [1.807, 2.05) is 112 Å². The minimum Gasteiger partial charge on any atom is -0.444 e. The highest BCUT2D eigenvalue weighted by molar-refractivity contribution is 5.70. The molecule has 4 atom stereocenters. The Labute approximate surface area is 262 Å². The first-order chi connectivity index (χ1) is 21.3. The maximum absolute atomic E-state index is 14.0. The number of nitrogens with zero attached hydrogens (tertiary/aromatic N) is 1. The molecule has 0 saturated carbocycles. The Kier molecular flexibility index (Phi) is 12.8. The number of methoxy groups -OCH3 is 2. The largest absolute Gasteiger partial charge is 0.444 e. The molecule has 1 fully saturated rings. The third-order valence-electron chi connectivity index (χ3n) is 7.60. The Bertz CT molecular complexity index is 1230. The molecular weight excluding hydrogens is 558 g/mol. The highest BCUT2D eigenvalue weighted by Crippen LogP contribution is 2.36. The quantitative estimate of drug-likeness (QED) is 0.177.